The van der Waals surface area contributed by atoms with E-state index in [1.807, 2.05) is 12.3 Å². The van der Waals surface area contributed by atoms with Crippen LogP contribution in [0.4, 0.5) is 8.78 Å². The number of thioether (sulfide) groups is 1. The third-order valence-corrected chi connectivity index (χ3v) is 4.20. The number of nitrogens with zero attached hydrogens (tertiary/aromatic N) is 2. The number of aromatic nitrogens is 2. The maximum atomic E-state index is 12.6. The Labute approximate surface area is 147 Å². The molecule has 0 aliphatic rings. The van der Waals surface area contributed by atoms with Gasteiger partial charge in [0, 0.05) is 17.6 Å². The minimum atomic E-state index is -2.57. The Morgan fingerprint density at radius 1 is 1.28 bits per heavy atom. The van der Waals surface area contributed by atoms with Crippen molar-refractivity contribution >= 4 is 17.7 Å². The number of amides is 1. The monoisotopic (exact) mass is 363 g/mol. The van der Waals surface area contributed by atoms with E-state index in [0.29, 0.717) is 30.6 Å². The third-order valence-electron chi connectivity index (χ3n) is 3.41. The standard InChI is InChI=1S/C17H15F2N3O2S/c18-17(19)25-15-6-2-1-4-13(15)16(23)20-7-8-22-11-12(10-21-22)14-5-3-9-24-14/h1-6,9-11,17H,7-8H2,(H,20,23). The predicted molar refractivity (Wildman–Crippen MR) is 90.6 cm³/mol. The van der Waals surface area contributed by atoms with Gasteiger partial charge >= 0.3 is 0 Å². The second kappa shape index (κ2) is 7.98. The fourth-order valence-electron chi connectivity index (χ4n) is 2.29. The van der Waals surface area contributed by atoms with Crippen LogP contribution in [0.5, 0.6) is 0 Å². The van der Waals surface area contributed by atoms with Crippen molar-refractivity contribution in [1.29, 1.82) is 0 Å². The largest absolute Gasteiger partial charge is 0.464 e. The molecule has 0 saturated heterocycles. The van der Waals surface area contributed by atoms with Crippen molar-refractivity contribution in [3.05, 3.63) is 60.6 Å². The molecule has 1 amide bonds. The number of halogens is 2. The average molecular weight is 363 g/mol. The first kappa shape index (κ1) is 17.2. The maximum absolute atomic E-state index is 12.6. The lowest BCUT2D eigenvalue weighted by Crippen LogP contribution is -2.27. The van der Waals surface area contributed by atoms with Crippen LogP contribution < -0.4 is 5.32 Å². The molecule has 5 nitrogen and oxygen atoms in total. The van der Waals surface area contributed by atoms with E-state index in [1.165, 1.54) is 12.1 Å². The zero-order chi connectivity index (χ0) is 17.6. The van der Waals surface area contributed by atoms with Crippen molar-refractivity contribution in [3.8, 4) is 11.3 Å². The number of hydrogen-bond acceptors (Lipinski definition) is 4. The summed E-state index contributed by atoms with van der Waals surface area (Å²) in [5.74, 6) is -2.24. The number of nitrogens with one attached hydrogen (secondary N) is 1. The molecule has 2 heterocycles. The Morgan fingerprint density at radius 3 is 2.88 bits per heavy atom. The number of benzene rings is 1. The van der Waals surface area contributed by atoms with E-state index in [9.17, 15) is 13.6 Å². The van der Waals surface area contributed by atoms with Gasteiger partial charge in [-0.05, 0) is 24.3 Å². The van der Waals surface area contributed by atoms with Gasteiger partial charge in [-0.25, -0.2) is 0 Å². The number of rotatable bonds is 7. The van der Waals surface area contributed by atoms with Crippen LogP contribution in [-0.4, -0.2) is 28.0 Å². The van der Waals surface area contributed by atoms with Crippen LogP contribution in [-0.2, 0) is 6.54 Å². The molecule has 0 aliphatic carbocycles. The predicted octanol–water partition coefficient (Wildman–Crippen LogP) is 3.89. The van der Waals surface area contributed by atoms with Gasteiger partial charge in [0.2, 0.25) is 0 Å². The van der Waals surface area contributed by atoms with Crippen molar-refractivity contribution in [2.75, 3.05) is 6.54 Å². The van der Waals surface area contributed by atoms with Gasteiger partial charge in [0.05, 0.1) is 30.1 Å². The SMILES string of the molecule is O=C(NCCn1cc(-c2ccco2)cn1)c1ccccc1SC(F)F. The lowest BCUT2D eigenvalue weighted by molar-refractivity contribution is 0.0949. The number of alkyl halides is 2. The van der Waals surface area contributed by atoms with Crippen LogP contribution in [0.3, 0.4) is 0 Å². The van der Waals surface area contributed by atoms with Crippen molar-refractivity contribution in [3.63, 3.8) is 0 Å². The van der Waals surface area contributed by atoms with E-state index in [-0.39, 0.29) is 16.4 Å². The molecule has 1 aromatic carbocycles. The molecular weight excluding hydrogens is 348 g/mol. The van der Waals surface area contributed by atoms with Crippen molar-refractivity contribution < 1.29 is 18.0 Å². The molecule has 0 unspecified atom stereocenters. The van der Waals surface area contributed by atoms with E-state index >= 15 is 0 Å². The molecule has 3 rings (SSSR count). The third kappa shape index (κ3) is 4.48. The Morgan fingerprint density at radius 2 is 2.12 bits per heavy atom. The van der Waals surface area contributed by atoms with Gasteiger partial charge in [-0.2, -0.15) is 13.9 Å². The maximum Gasteiger partial charge on any atom is 0.288 e. The van der Waals surface area contributed by atoms with Gasteiger partial charge in [-0.1, -0.05) is 23.9 Å². The molecule has 0 radical (unpaired) electrons. The fourth-order valence-corrected chi connectivity index (χ4v) is 2.92. The summed E-state index contributed by atoms with van der Waals surface area (Å²) in [5.41, 5.74) is 1.08. The summed E-state index contributed by atoms with van der Waals surface area (Å²) in [7, 11) is 0. The van der Waals surface area contributed by atoms with E-state index in [2.05, 4.69) is 10.4 Å². The average Bonchev–Trinajstić information content (AvgIpc) is 3.26. The van der Waals surface area contributed by atoms with Crippen molar-refractivity contribution in [1.82, 2.24) is 15.1 Å². The second-order valence-corrected chi connectivity index (χ2v) is 6.13. The first-order valence-electron chi connectivity index (χ1n) is 7.52. The molecule has 3 aromatic rings. The quantitative estimate of drug-likeness (QED) is 0.647. The normalized spacial score (nSPS) is 11.0. The molecule has 0 bridgehead atoms. The Hall–Kier alpha value is -2.61. The highest BCUT2D eigenvalue weighted by molar-refractivity contribution is 7.99. The number of furan rings is 1. The van der Waals surface area contributed by atoms with Crippen LogP contribution in [0, 0.1) is 0 Å². The van der Waals surface area contributed by atoms with Gasteiger partial charge in [0.15, 0.2) is 0 Å². The van der Waals surface area contributed by atoms with Crippen LogP contribution in [0.25, 0.3) is 11.3 Å². The highest BCUT2D eigenvalue weighted by Gasteiger charge is 2.14. The molecule has 130 valence electrons. The van der Waals surface area contributed by atoms with Gasteiger partial charge < -0.3 is 9.73 Å². The molecule has 0 spiro atoms. The molecule has 8 heteroatoms. The molecule has 25 heavy (non-hydrogen) atoms. The number of carbonyl (C=O) groups excluding carboxylic acids is 1. The van der Waals surface area contributed by atoms with Crippen LogP contribution >= 0.6 is 11.8 Å². The minimum absolute atomic E-state index is 0.240. The fraction of sp³-hybridized carbons (Fsp3) is 0.176. The summed E-state index contributed by atoms with van der Waals surface area (Å²) in [5, 5.41) is 6.92. The highest BCUT2D eigenvalue weighted by Crippen LogP contribution is 2.28. The van der Waals surface area contributed by atoms with Crippen LogP contribution in [0.1, 0.15) is 10.4 Å². The van der Waals surface area contributed by atoms with Crippen molar-refractivity contribution in [2.24, 2.45) is 0 Å². The summed E-state index contributed by atoms with van der Waals surface area (Å²) in [6.07, 6.45) is 5.07. The highest BCUT2D eigenvalue weighted by atomic mass is 32.2. The smallest absolute Gasteiger partial charge is 0.288 e. The topological polar surface area (TPSA) is 60.1 Å². The number of hydrogen-bond donors (Lipinski definition) is 1. The Kier molecular flexibility index (Phi) is 5.49. The van der Waals surface area contributed by atoms with E-state index < -0.39 is 5.76 Å². The second-order valence-electron chi connectivity index (χ2n) is 5.10. The van der Waals surface area contributed by atoms with Gasteiger partial charge in [0.1, 0.15) is 5.76 Å². The van der Waals surface area contributed by atoms with Crippen LogP contribution in [0.15, 0.2) is 64.4 Å². The van der Waals surface area contributed by atoms with Crippen molar-refractivity contribution in [2.45, 2.75) is 17.2 Å². The first-order chi connectivity index (χ1) is 12.1. The molecule has 0 fully saturated rings. The summed E-state index contributed by atoms with van der Waals surface area (Å²) < 4.78 is 32.1. The zero-order valence-corrected chi connectivity index (χ0v) is 13.9. The zero-order valence-electron chi connectivity index (χ0n) is 13.1. The van der Waals surface area contributed by atoms with Crippen LogP contribution in [0.2, 0.25) is 0 Å². The molecular formula is C17H15F2N3O2S. The number of carbonyl (C=O) groups is 1. The Bertz CT molecular complexity index is 834. The summed E-state index contributed by atoms with van der Waals surface area (Å²) in [6.45, 7) is 0.780. The summed E-state index contributed by atoms with van der Waals surface area (Å²) >= 11 is 0.363. The lowest BCUT2D eigenvalue weighted by Gasteiger charge is -2.09. The van der Waals surface area contributed by atoms with E-state index in [1.54, 1.807) is 35.3 Å². The van der Waals surface area contributed by atoms with E-state index in [4.69, 9.17) is 4.42 Å². The lowest BCUT2D eigenvalue weighted by atomic mass is 10.2. The van der Waals surface area contributed by atoms with Gasteiger partial charge in [0.25, 0.3) is 11.7 Å². The summed E-state index contributed by atoms with van der Waals surface area (Å²) in [6, 6.07) is 9.94. The van der Waals surface area contributed by atoms with Gasteiger partial charge in [-0.3, -0.25) is 9.48 Å². The van der Waals surface area contributed by atoms with E-state index in [0.717, 1.165) is 5.56 Å². The first-order valence-corrected chi connectivity index (χ1v) is 8.40. The summed E-state index contributed by atoms with van der Waals surface area (Å²) in [4.78, 5) is 12.5. The van der Waals surface area contributed by atoms with Gasteiger partial charge in [-0.15, -0.1) is 0 Å². The molecule has 2 aromatic heterocycles. The molecule has 1 N–H and O–H groups in total. The Balaban J connectivity index is 1.57. The molecule has 0 aliphatic heterocycles. The minimum Gasteiger partial charge on any atom is -0.464 e. The molecule has 0 atom stereocenters. The molecule has 0 saturated carbocycles.